The van der Waals surface area contributed by atoms with Crippen LogP contribution in [-0.2, 0) is 0 Å². The number of benzene rings is 1. The molecule has 0 aliphatic rings. The Labute approximate surface area is 95.8 Å². The van der Waals surface area contributed by atoms with Crippen molar-refractivity contribution in [1.82, 2.24) is 0 Å². The van der Waals surface area contributed by atoms with Crippen molar-refractivity contribution in [1.29, 1.82) is 0 Å². The summed E-state index contributed by atoms with van der Waals surface area (Å²) in [4.78, 5) is 0.817. The Hall–Kier alpha value is -0.900. The number of aliphatic hydroxyl groups is 1. The summed E-state index contributed by atoms with van der Waals surface area (Å²) in [6, 6.07) is 7.92. The maximum absolute atomic E-state index is 12.9. The van der Waals surface area contributed by atoms with Crippen LogP contribution in [0.1, 0.15) is 16.5 Å². The van der Waals surface area contributed by atoms with Crippen molar-refractivity contribution < 1.29 is 9.50 Å². The number of rotatable bonds is 2. The molecule has 4 heteroatoms. The minimum Gasteiger partial charge on any atom is -0.383 e. The second-order valence-corrected chi connectivity index (χ2v) is 4.48. The van der Waals surface area contributed by atoms with Gasteiger partial charge in [0, 0.05) is 4.88 Å². The fourth-order valence-corrected chi connectivity index (χ4v) is 2.22. The molecular formula is C11H8ClFOS. The molecule has 1 aromatic heterocycles. The molecule has 0 unspecified atom stereocenters. The lowest BCUT2D eigenvalue weighted by Gasteiger charge is -2.09. The molecule has 0 spiro atoms. The Balaban J connectivity index is 2.34. The van der Waals surface area contributed by atoms with Crippen molar-refractivity contribution in [2.45, 2.75) is 6.10 Å². The highest BCUT2D eigenvalue weighted by Gasteiger charge is 2.12. The van der Waals surface area contributed by atoms with Crippen LogP contribution in [0.3, 0.4) is 0 Å². The van der Waals surface area contributed by atoms with E-state index in [1.807, 2.05) is 17.5 Å². The number of aliphatic hydroxyl groups excluding tert-OH is 1. The molecule has 1 nitrogen and oxygen atoms in total. The molecule has 0 amide bonds. The van der Waals surface area contributed by atoms with Crippen molar-refractivity contribution in [3.8, 4) is 0 Å². The summed E-state index contributed by atoms with van der Waals surface area (Å²) in [5, 5.41) is 11.8. The molecule has 0 saturated carbocycles. The molecule has 2 rings (SSSR count). The molecule has 0 radical (unpaired) electrons. The zero-order valence-corrected chi connectivity index (χ0v) is 9.23. The van der Waals surface area contributed by atoms with Crippen LogP contribution < -0.4 is 0 Å². The molecule has 1 aromatic carbocycles. The largest absolute Gasteiger partial charge is 0.383 e. The van der Waals surface area contributed by atoms with Gasteiger partial charge < -0.3 is 5.11 Å². The van der Waals surface area contributed by atoms with Gasteiger partial charge in [-0.25, -0.2) is 4.39 Å². The molecule has 0 fully saturated rings. The third kappa shape index (κ3) is 2.20. The average molecular weight is 243 g/mol. The quantitative estimate of drug-likeness (QED) is 0.853. The summed E-state index contributed by atoms with van der Waals surface area (Å²) in [5.74, 6) is -0.473. The molecule has 1 heterocycles. The van der Waals surface area contributed by atoms with Gasteiger partial charge in [-0.05, 0) is 29.1 Å². The number of thiophene rings is 1. The first-order valence-electron chi connectivity index (χ1n) is 4.35. The van der Waals surface area contributed by atoms with Gasteiger partial charge in [-0.1, -0.05) is 23.7 Å². The van der Waals surface area contributed by atoms with Crippen LogP contribution in [-0.4, -0.2) is 5.11 Å². The van der Waals surface area contributed by atoms with Gasteiger partial charge in [0.2, 0.25) is 0 Å². The Kier molecular flexibility index (Phi) is 3.05. The minimum absolute atomic E-state index is 0.0307. The molecule has 0 aliphatic heterocycles. The lowest BCUT2D eigenvalue weighted by atomic mass is 10.1. The fraction of sp³-hybridized carbons (Fsp3) is 0.0909. The highest BCUT2D eigenvalue weighted by molar-refractivity contribution is 7.10. The van der Waals surface area contributed by atoms with Gasteiger partial charge in [0.1, 0.15) is 11.9 Å². The van der Waals surface area contributed by atoms with E-state index in [1.54, 1.807) is 0 Å². The Morgan fingerprint density at radius 1 is 1.33 bits per heavy atom. The first-order valence-corrected chi connectivity index (χ1v) is 5.60. The van der Waals surface area contributed by atoms with E-state index in [1.165, 1.54) is 29.5 Å². The predicted octanol–water partition coefficient (Wildman–Crippen LogP) is 3.62. The van der Waals surface area contributed by atoms with Crippen molar-refractivity contribution in [2.75, 3.05) is 0 Å². The van der Waals surface area contributed by atoms with E-state index in [0.717, 1.165) is 4.88 Å². The SMILES string of the molecule is O[C@@H](c1ccc(F)c(Cl)c1)c1cccs1. The Morgan fingerprint density at radius 2 is 2.13 bits per heavy atom. The molecule has 1 N–H and O–H groups in total. The molecule has 0 bridgehead atoms. The van der Waals surface area contributed by atoms with Crippen LogP contribution in [0.4, 0.5) is 4.39 Å². The fourth-order valence-electron chi connectivity index (χ4n) is 1.29. The highest BCUT2D eigenvalue weighted by Crippen LogP contribution is 2.28. The van der Waals surface area contributed by atoms with Gasteiger partial charge in [-0.15, -0.1) is 11.3 Å². The van der Waals surface area contributed by atoms with Crippen molar-refractivity contribution >= 4 is 22.9 Å². The number of hydrogen-bond acceptors (Lipinski definition) is 2. The minimum atomic E-state index is -0.733. The lowest BCUT2D eigenvalue weighted by molar-refractivity contribution is 0.224. The van der Waals surface area contributed by atoms with E-state index in [2.05, 4.69) is 0 Å². The third-order valence-corrected chi connectivity index (χ3v) is 3.29. The van der Waals surface area contributed by atoms with E-state index < -0.39 is 11.9 Å². The topological polar surface area (TPSA) is 20.2 Å². The second-order valence-electron chi connectivity index (χ2n) is 3.09. The van der Waals surface area contributed by atoms with E-state index in [0.29, 0.717) is 5.56 Å². The monoisotopic (exact) mass is 242 g/mol. The second kappa shape index (κ2) is 4.31. The van der Waals surface area contributed by atoms with E-state index in [9.17, 15) is 9.50 Å². The summed E-state index contributed by atoms with van der Waals surface area (Å²) in [6.45, 7) is 0. The molecule has 15 heavy (non-hydrogen) atoms. The zero-order chi connectivity index (χ0) is 10.8. The Morgan fingerprint density at radius 3 is 2.73 bits per heavy atom. The van der Waals surface area contributed by atoms with Gasteiger partial charge in [-0.2, -0.15) is 0 Å². The summed E-state index contributed by atoms with van der Waals surface area (Å²) in [6.07, 6.45) is -0.733. The number of hydrogen-bond donors (Lipinski definition) is 1. The molecule has 2 aromatic rings. The maximum Gasteiger partial charge on any atom is 0.141 e. The van der Waals surface area contributed by atoms with Gasteiger partial charge in [0.05, 0.1) is 5.02 Å². The molecule has 78 valence electrons. The first-order chi connectivity index (χ1) is 7.18. The van der Waals surface area contributed by atoms with Gasteiger partial charge in [-0.3, -0.25) is 0 Å². The van der Waals surface area contributed by atoms with Crippen LogP contribution in [0.15, 0.2) is 35.7 Å². The van der Waals surface area contributed by atoms with Crippen molar-refractivity contribution in [2.24, 2.45) is 0 Å². The van der Waals surface area contributed by atoms with Gasteiger partial charge >= 0.3 is 0 Å². The maximum atomic E-state index is 12.9. The molecule has 0 aliphatic carbocycles. The smallest absolute Gasteiger partial charge is 0.141 e. The van der Waals surface area contributed by atoms with Crippen molar-refractivity contribution in [3.63, 3.8) is 0 Å². The lowest BCUT2D eigenvalue weighted by Crippen LogP contribution is -1.97. The van der Waals surface area contributed by atoms with Gasteiger partial charge in [0.15, 0.2) is 0 Å². The standard InChI is InChI=1S/C11H8ClFOS/c12-8-6-7(3-4-9(8)13)11(14)10-2-1-5-15-10/h1-6,11,14H/t11-/m0/s1. The third-order valence-electron chi connectivity index (χ3n) is 2.07. The van der Waals surface area contributed by atoms with Crippen LogP contribution in [0.5, 0.6) is 0 Å². The summed E-state index contributed by atoms with van der Waals surface area (Å²) < 4.78 is 12.9. The average Bonchev–Trinajstić information content (AvgIpc) is 2.74. The zero-order valence-electron chi connectivity index (χ0n) is 7.65. The summed E-state index contributed by atoms with van der Waals surface area (Å²) in [7, 11) is 0. The van der Waals surface area contributed by atoms with Crippen LogP contribution in [0.25, 0.3) is 0 Å². The van der Waals surface area contributed by atoms with Crippen LogP contribution in [0, 0.1) is 5.82 Å². The number of halogens is 2. The predicted molar refractivity (Wildman–Crippen MR) is 59.8 cm³/mol. The normalized spacial score (nSPS) is 12.7. The Bertz CT molecular complexity index is 456. The van der Waals surface area contributed by atoms with E-state index in [4.69, 9.17) is 11.6 Å². The molecule has 0 saturated heterocycles. The van der Waals surface area contributed by atoms with Crippen molar-refractivity contribution in [3.05, 3.63) is 57.0 Å². The molecule has 1 atom stereocenters. The highest BCUT2D eigenvalue weighted by atomic mass is 35.5. The van der Waals surface area contributed by atoms with Gasteiger partial charge in [0.25, 0.3) is 0 Å². The first kappa shape index (κ1) is 10.6. The summed E-state index contributed by atoms with van der Waals surface area (Å²) in [5.41, 5.74) is 0.601. The van der Waals surface area contributed by atoms with Crippen LogP contribution in [0.2, 0.25) is 5.02 Å². The summed E-state index contributed by atoms with van der Waals surface area (Å²) >= 11 is 7.09. The molecular weight excluding hydrogens is 235 g/mol. The van der Waals surface area contributed by atoms with Crippen LogP contribution >= 0.6 is 22.9 Å². The van der Waals surface area contributed by atoms with E-state index >= 15 is 0 Å². The van der Waals surface area contributed by atoms with E-state index in [-0.39, 0.29) is 5.02 Å².